The average Bonchev–Trinajstić information content (AvgIpc) is 3.50. The highest BCUT2D eigenvalue weighted by molar-refractivity contribution is 5.87. The van der Waals surface area contributed by atoms with E-state index >= 15 is 0 Å². The van der Waals surface area contributed by atoms with Gasteiger partial charge in [-0.05, 0) is 32.1 Å². The van der Waals surface area contributed by atoms with Crippen molar-refractivity contribution in [2.24, 2.45) is 5.41 Å². The normalized spacial score (nSPS) is 12.2. The monoisotopic (exact) mass is 1230 g/mol. The number of unbranched alkanes of at least 4 members (excludes halogenated alkanes) is 13. The van der Waals surface area contributed by atoms with Gasteiger partial charge >= 0.3 is 5.97 Å². The predicted octanol–water partition coefficient (Wildman–Crippen LogP) is 6.32. The Bertz CT molecular complexity index is 1670. The minimum absolute atomic E-state index is 0.0306. The molecule has 0 aromatic rings. The van der Waals surface area contributed by atoms with Crippen LogP contribution in [0.4, 0.5) is 0 Å². The van der Waals surface area contributed by atoms with E-state index in [2.05, 4.69) is 34.1 Å². The van der Waals surface area contributed by atoms with E-state index in [1.54, 1.807) is 0 Å². The van der Waals surface area contributed by atoms with Crippen molar-refractivity contribution >= 4 is 35.4 Å². The molecule has 2 unspecified atom stereocenters. The smallest absolute Gasteiger partial charge is 0.326 e. The molecular formula is C63H116N4O19. The van der Waals surface area contributed by atoms with Gasteiger partial charge in [-0.2, -0.15) is 0 Å². The quantitative estimate of drug-likeness (QED) is 0.0329. The molecule has 0 rings (SSSR count). The van der Waals surface area contributed by atoms with Gasteiger partial charge in [0, 0.05) is 50.6 Å². The van der Waals surface area contributed by atoms with Crippen molar-refractivity contribution in [1.29, 1.82) is 0 Å². The lowest BCUT2D eigenvalue weighted by molar-refractivity contribution is -0.142. The fourth-order valence-electron chi connectivity index (χ4n) is 8.04. The second-order valence-corrected chi connectivity index (χ2v) is 21.7. The van der Waals surface area contributed by atoms with Crippen LogP contribution in [0.15, 0.2) is 0 Å². The fraction of sp³-hybridized carbons (Fsp3) is 0.873. The molecule has 0 aliphatic heterocycles. The number of carboxylic acid groups (broad SMARTS) is 1. The van der Waals surface area contributed by atoms with Crippen LogP contribution in [0.25, 0.3) is 0 Å². The SMILES string of the molecule is C#CCCC(=O)NC(CCCCNC(=O)CCC(NC(=O)CCCCCCCCCCCCCCC)C(=O)O)C(=O)NCCOCCOCCOCCOCCOCCOCCOCCOCCOCCOCCOCCOCCC(=O)C(C)(C)C. The molecule has 4 amide bonds. The Kier molecular flexibility index (Phi) is 59.9. The fourth-order valence-corrected chi connectivity index (χ4v) is 8.04. The highest BCUT2D eigenvalue weighted by Crippen LogP contribution is 2.17. The molecule has 0 saturated carbocycles. The zero-order valence-corrected chi connectivity index (χ0v) is 53.5. The minimum Gasteiger partial charge on any atom is -0.480 e. The van der Waals surface area contributed by atoms with Gasteiger partial charge in [0.25, 0.3) is 0 Å². The van der Waals surface area contributed by atoms with E-state index in [-0.39, 0.29) is 80.1 Å². The standard InChI is InChI=1S/C63H116N4O19/c1-6-8-10-11-12-13-14-15-16-17-18-19-20-25-60(71)67-56(62(73)74)26-27-58(69)64-29-22-21-23-55(66-59(70)24-9-7-2)61(72)65-30-32-76-34-36-78-38-40-80-42-44-82-46-48-84-50-52-86-54-53-85-51-49-83-47-45-81-43-41-79-39-37-77-35-33-75-31-28-57(68)63(3,4)5/h2,55-56H,6,8-54H2,1,3-5H3,(H,64,69)(H,65,72)(H,66,70)(H,67,71)(H,73,74). The van der Waals surface area contributed by atoms with Crippen molar-refractivity contribution in [3.8, 4) is 12.3 Å². The van der Waals surface area contributed by atoms with Crippen LogP contribution < -0.4 is 21.3 Å². The molecule has 0 bridgehead atoms. The maximum Gasteiger partial charge on any atom is 0.326 e. The molecule has 23 heteroatoms. The summed E-state index contributed by atoms with van der Waals surface area (Å²) < 4.78 is 66.1. The molecule has 86 heavy (non-hydrogen) atoms. The third-order valence-corrected chi connectivity index (χ3v) is 13.1. The van der Waals surface area contributed by atoms with Crippen molar-refractivity contribution < 1.29 is 90.7 Å². The molecule has 5 N–H and O–H groups in total. The summed E-state index contributed by atoms with van der Waals surface area (Å²) in [4.78, 5) is 74.2. The highest BCUT2D eigenvalue weighted by atomic mass is 16.6. The van der Waals surface area contributed by atoms with E-state index in [0.29, 0.717) is 191 Å². The van der Waals surface area contributed by atoms with Crippen molar-refractivity contribution in [3.05, 3.63) is 0 Å². The second kappa shape index (κ2) is 62.7. The largest absolute Gasteiger partial charge is 0.480 e. The molecular weight excluding hydrogens is 1120 g/mol. The molecule has 0 fully saturated rings. The number of hydrogen-bond donors (Lipinski definition) is 5. The summed E-state index contributed by atoms with van der Waals surface area (Å²) in [7, 11) is 0. The summed E-state index contributed by atoms with van der Waals surface area (Å²) in [6.07, 6.45) is 23.1. The van der Waals surface area contributed by atoms with E-state index in [9.17, 15) is 33.9 Å². The maximum atomic E-state index is 13.0. The molecule has 0 radical (unpaired) electrons. The van der Waals surface area contributed by atoms with Gasteiger partial charge in [-0.3, -0.25) is 24.0 Å². The Hall–Kier alpha value is -3.90. The van der Waals surface area contributed by atoms with Crippen LogP contribution in [-0.4, -0.2) is 224 Å². The first-order valence-electron chi connectivity index (χ1n) is 32.1. The van der Waals surface area contributed by atoms with Crippen LogP contribution in [0.2, 0.25) is 0 Å². The van der Waals surface area contributed by atoms with Gasteiger partial charge < -0.3 is 83.2 Å². The van der Waals surface area contributed by atoms with Gasteiger partial charge in [0.2, 0.25) is 23.6 Å². The number of carboxylic acids is 1. The molecule has 2 atom stereocenters. The Morgan fingerprint density at radius 3 is 1.13 bits per heavy atom. The number of rotatable bonds is 67. The van der Waals surface area contributed by atoms with E-state index in [1.165, 1.54) is 57.8 Å². The molecule has 0 aromatic heterocycles. The Labute approximate surface area is 516 Å². The van der Waals surface area contributed by atoms with Crippen LogP contribution in [0.3, 0.4) is 0 Å². The number of amides is 4. The highest BCUT2D eigenvalue weighted by Gasteiger charge is 2.23. The Morgan fingerprint density at radius 2 is 0.744 bits per heavy atom. The van der Waals surface area contributed by atoms with Crippen LogP contribution in [0, 0.1) is 17.8 Å². The Balaban J connectivity index is 3.79. The van der Waals surface area contributed by atoms with Crippen LogP contribution in [0.5, 0.6) is 0 Å². The second-order valence-electron chi connectivity index (χ2n) is 21.7. The summed E-state index contributed by atoms with van der Waals surface area (Å²) in [5, 5.41) is 20.5. The molecule has 0 aliphatic carbocycles. The molecule has 23 nitrogen and oxygen atoms in total. The lowest BCUT2D eigenvalue weighted by atomic mass is 9.89. The number of carbonyl (C=O) groups excluding carboxylic acids is 5. The zero-order chi connectivity index (χ0) is 63.1. The predicted molar refractivity (Wildman–Crippen MR) is 328 cm³/mol. The zero-order valence-electron chi connectivity index (χ0n) is 53.5. The van der Waals surface area contributed by atoms with E-state index in [4.69, 9.17) is 63.3 Å². The number of terminal acetylenes is 1. The lowest BCUT2D eigenvalue weighted by Crippen LogP contribution is -2.47. The third kappa shape index (κ3) is 59.1. The van der Waals surface area contributed by atoms with Gasteiger partial charge in [0.15, 0.2) is 0 Å². The van der Waals surface area contributed by atoms with Gasteiger partial charge in [-0.25, -0.2) is 4.79 Å². The van der Waals surface area contributed by atoms with Crippen LogP contribution in [0.1, 0.15) is 169 Å². The summed E-state index contributed by atoms with van der Waals surface area (Å²) in [5.74, 6) is 0.0671. The third-order valence-electron chi connectivity index (χ3n) is 13.1. The first kappa shape index (κ1) is 82.1. The van der Waals surface area contributed by atoms with E-state index < -0.39 is 18.1 Å². The number of Topliss-reactive ketones (excluding diaryl/α,β-unsaturated/α-hetero) is 1. The van der Waals surface area contributed by atoms with Crippen LogP contribution in [-0.2, 0) is 85.6 Å². The molecule has 0 heterocycles. The molecule has 502 valence electrons. The first-order chi connectivity index (χ1) is 41.8. The Morgan fingerprint density at radius 1 is 0.384 bits per heavy atom. The number of hydrogen-bond acceptors (Lipinski definition) is 18. The number of aliphatic carboxylic acids is 1. The van der Waals surface area contributed by atoms with Gasteiger partial charge in [0.1, 0.15) is 17.9 Å². The van der Waals surface area contributed by atoms with Crippen LogP contribution >= 0.6 is 0 Å². The minimum atomic E-state index is -1.18. The molecule has 0 aromatic carbocycles. The average molecular weight is 1230 g/mol. The summed E-state index contributed by atoms with van der Waals surface area (Å²) in [6, 6.07) is -1.96. The maximum absolute atomic E-state index is 13.0. The van der Waals surface area contributed by atoms with Crippen molar-refractivity contribution in [3.63, 3.8) is 0 Å². The van der Waals surface area contributed by atoms with Gasteiger partial charge in [-0.1, -0.05) is 105 Å². The topological polar surface area (TPSA) is 282 Å². The number of carbonyl (C=O) groups is 6. The van der Waals surface area contributed by atoms with Crippen molar-refractivity contribution in [2.45, 2.75) is 181 Å². The van der Waals surface area contributed by atoms with Gasteiger partial charge in [-0.15, -0.1) is 12.3 Å². The summed E-state index contributed by atoms with van der Waals surface area (Å²) in [5.41, 5.74) is -0.333. The molecule has 0 spiro atoms. The molecule has 0 aliphatic rings. The van der Waals surface area contributed by atoms with E-state index in [1.807, 2.05) is 20.8 Å². The lowest BCUT2D eigenvalue weighted by Gasteiger charge is -2.18. The number of nitrogens with one attached hydrogen (secondary N) is 4. The molecule has 0 saturated heterocycles. The van der Waals surface area contributed by atoms with Crippen molar-refractivity contribution in [2.75, 3.05) is 172 Å². The van der Waals surface area contributed by atoms with Crippen molar-refractivity contribution in [1.82, 2.24) is 21.3 Å². The number of ketones is 1. The number of ether oxygens (including phenoxy) is 12. The summed E-state index contributed by atoms with van der Waals surface area (Å²) >= 11 is 0. The first-order valence-corrected chi connectivity index (χ1v) is 32.1. The summed E-state index contributed by atoms with van der Waals surface area (Å²) in [6.45, 7) is 18.7. The van der Waals surface area contributed by atoms with Gasteiger partial charge in [0.05, 0.1) is 159 Å². The van der Waals surface area contributed by atoms with E-state index in [0.717, 1.165) is 19.3 Å².